The molecule has 1 N–H and O–H groups in total. The van der Waals surface area contributed by atoms with Gasteiger partial charge in [-0.2, -0.15) is 13.2 Å². The monoisotopic (exact) mass is 374 g/mol. The normalized spacial score (nSPS) is 11.2. The van der Waals surface area contributed by atoms with E-state index in [-0.39, 0.29) is 11.4 Å². The smallest absolute Gasteiger partial charge is 0.416 e. The molecule has 0 saturated carbocycles. The molecule has 1 aromatic heterocycles. The van der Waals surface area contributed by atoms with Crippen molar-refractivity contribution in [3.8, 4) is 0 Å². The lowest BCUT2D eigenvalue weighted by atomic mass is 10.2. The number of carbonyl (C=O) groups is 2. The molecule has 1 amide bonds. The first kappa shape index (κ1) is 18.4. The summed E-state index contributed by atoms with van der Waals surface area (Å²) in [5.41, 5.74) is -0.000583. The minimum Gasteiger partial charge on any atom is -0.451 e. The zero-order chi connectivity index (χ0) is 19.4. The highest BCUT2D eigenvalue weighted by Crippen LogP contribution is 2.29. The summed E-state index contributed by atoms with van der Waals surface area (Å²) in [5.74, 6) is -1.45. The fraction of sp³-hybridized carbons (Fsp3) is 0.105. The number of halogens is 3. The Balaban J connectivity index is 1.57. The molecule has 138 valence electrons. The first-order chi connectivity index (χ1) is 12.8. The predicted octanol–water partition coefficient (Wildman–Crippen LogP) is 4.05. The van der Waals surface area contributed by atoms with Crippen LogP contribution in [0.15, 0.2) is 60.7 Å². The van der Waals surface area contributed by atoms with Crippen molar-refractivity contribution in [3.63, 3.8) is 0 Å². The molecular formula is C19H13F3N2O3. The number of esters is 1. The molecule has 0 saturated heterocycles. The number of rotatable bonds is 4. The average molecular weight is 374 g/mol. The number of carbonyl (C=O) groups excluding carboxylic acids is 2. The van der Waals surface area contributed by atoms with E-state index in [1.165, 1.54) is 6.07 Å². The molecule has 0 fully saturated rings. The van der Waals surface area contributed by atoms with Crippen LogP contribution >= 0.6 is 0 Å². The summed E-state index contributed by atoms with van der Waals surface area (Å²) in [6, 6.07) is 14.3. The highest BCUT2D eigenvalue weighted by atomic mass is 19.4. The quantitative estimate of drug-likeness (QED) is 0.700. The number of alkyl halides is 3. The Morgan fingerprint density at radius 3 is 2.37 bits per heavy atom. The van der Waals surface area contributed by atoms with E-state index in [2.05, 4.69) is 10.3 Å². The zero-order valence-electron chi connectivity index (χ0n) is 13.8. The van der Waals surface area contributed by atoms with Crippen molar-refractivity contribution in [1.29, 1.82) is 0 Å². The third-order valence-corrected chi connectivity index (χ3v) is 3.64. The van der Waals surface area contributed by atoms with Gasteiger partial charge in [-0.25, -0.2) is 9.78 Å². The van der Waals surface area contributed by atoms with Crippen molar-refractivity contribution in [3.05, 3.63) is 71.9 Å². The number of amides is 1. The maximum atomic E-state index is 12.5. The molecule has 2 aromatic carbocycles. The summed E-state index contributed by atoms with van der Waals surface area (Å²) >= 11 is 0. The minimum absolute atomic E-state index is 0.0519. The Hall–Kier alpha value is -3.42. The Labute approximate surface area is 151 Å². The molecule has 0 spiro atoms. The van der Waals surface area contributed by atoms with Crippen LogP contribution in [0.1, 0.15) is 16.1 Å². The highest BCUT2D eigenvalue weighted by Gasteiger charge is 2.30. The third-order valence-electron chi connectivity index (χ3n) is 3.64. The molecule has 8 heteroatoms. The molecule has 1 heterocycles. The van der Waals surface area contributed by atoms with Crippen molar-refractivity contribution in [2.75, 3.05) is 11.9 Å². The number of benzene rings is 2. The predicted molar refractivity (Wildman–Crippen MR) is 92.1 cm³/mol. The van der Waals surface area contributed by atoms with Crippen molar-refractivity contribution in [2.45, 2.75) is 6.18 Å². The van der Waals surface area contributed by atoms with Crippen LogP contribution in [0.3, 0.4) is 0 Å². The van der Waals surface area contributed by atoms with Crippen LogP contribution in [0.5, 0.6) is 0 Å². The number of pyridine rings is 1. The molecule has 0 aliphatic heterocycles. The summed E-state index contributed by atoms with van der Waals surface area (Å²) in [7, 11) is 0. The van der Waals surface area contributed by atoms with E-state index in [4.69, 9.17) is 4.74 Å². The second kappa shape index (κ2) is 7.45. The molecular weight excluding hydrogens is 361 g/mol. The number of nitrogens with one attached hydrogen (secondary N) is 1. The lowest BCUT2D eigenvalue weighted by Crippen LogP contribution is -2.21. The number of hydrogen-bond donors (Lipinski definition) is 1. The van der Waals surface area contributed by atoms with E-state index in [0.29, 0.717) is 5.52 Å². The number of nitrogens with zero attached hydrogens (tertiary/aromatic N) is 1. The van der Waals surface area contributed by atoms with Crippen molar-refractivity contribution in [2.24, 2.45) is 0 Å². The second-order valence-electron chi connectivity index (χ2n) is 5.59. The van der Waals surface area contributed by atoms with E-state index in [1.54, 1.807) is 18.2 Å². The van der Waals surface area contributed by atoms with Crippen LogP contribution in [0.4, 0.5) is 18.9 Å². The van der Waals surface area contributed by atoms with Crippen molar-refractivity contribution < 1.29 is 27.5 Å². The molecule has 0 bridgehead atoms. The van der Waals surface area contributed by atoms with Crippen LogP contribution in [-0.2, 0) is 15.7 Å². The van der Waals surface area contributed by atoms with Gasteiger partial charge in [-0.05, 0) is 36.4 Å². The summed E-state index contributed by atoms with van der Waals surface area (Å²) in [6.07, 6.45) is -4.45. The van der Waals surface area contributed by atoms with Crippen LogP contribution in [-0.4, -0.2) is 23.5 Å². The van der Waals surface area contributed by atoms with Crippen LogP contribution in [0.25, 0.3) is 10.9 Å². The Kier molecular flexibility index (Phi) is 5.07. The second-order valence-corrected chi connectivity index (χ2v) is 5.59. The van der Waals surface area contributed by atoms with Crippen LogP contribution in [0.2, 0.25) is 0 Å². The molecule has 0 radical (unpaired) electrons. The zero-order valence-corrected chi connectivity index (χ0v) is 13.8. The van der Waals surface area contributed by atoms with Gasteiger partial charge in [0.2, 0.25) is 0 Å². The van der Waals surface area contributed by atoms with Gasteiger partial charge in [-0.15, -0.1) is 0 Å². The van der Waals surface area contributed by atoms with Gasteiger partial charge in [0.25, 0.3) is 5.91 Å². The average Bonchev–Trinajstić information content (AvgIpc) is 2.65. The maximum Gasteiger partial charge on any atom is 0.416 e. The standard InChI is InChI=1S/C19H13F3N2O3/c20-19(21,22)13-6-8-14(9-7-13)23-17(25)11-27-18(26)16-10-5-12-3-1-2-4-15(12)24-16/h1-10H,11H2,(H,23,25). The molecule has 0 atom stereocenters. The molecule has 3 aromatic rings. The van der Waals surface area contributed by atoms with E-state index >= 15 is 0 Å². The molecule has 0 unspecified atom stereocenters. The van der Waals surface area contributed by atoms with Gasteiger partial charge >= 0.3 is 12.1 Å². The van der Waals surface area contributed by atoms with Crippen LogP contribution in [0, 0.1) is 0 Å². The fourth-order valence-corrected chi connectivity index (χ4v) is 2.32. The topological polar surface area (TPSA) is 68.3 Å². The van der Waals surface area contributed by atoms with Crippen LogP contribution < -0.4 is 5.32 Å². The molecule has 0 aliphatic carbocycles. The molecule has 3 rings (SSSR count). The third kappa shape index (κ3) is 4.60. The lowest BCUT2D eigenvalue weighted by Gasteiger charge is -2.09. The molecule has 27 heavy (non-hydrogen) atoms. The summed E-state index contributed by atoms with van der Waals surface area (Å²) in [6.45, 7) is -0.589. The first-order valence-electron chi connectivity index (χ1n) is 7.83. The number of anilines is 1. The summed E-state index contributed by atoms with van der Waals surface area (Å²) in [4.78, 5) is 28.0. The number of ether oxygens (including phenoxy) is 1. The van der Waals surface area contributed by atoms with E-state index in [1.807, 2.05) is 12.1 Å². The van der Waals surface area contributed by atoms with Gasteiger partial charge in [0, 0.05) is 11.1 Å². The van der Waals surface area contributed by atoms with Gasteiger partial charge in [0.15, 0.2) is 6.61 Å². The summed E-state index contributed by atoms with van der Waals surface area (Å²) in [5, 5.41) is 3.21. The maximum absolute atomic E-state index is 12.5. The number of para-hydroxylation sites is 1. The largest absolute Gasteiger partial charge is 0.451 e. The van der Waals surface area contributed by atoms with Gasteiger partial charge in [-0.1, -0.05) is 24.3 Å². The number of fused-ring (bicyclic) bond motifs is 1. The number of aromatic nitrogens is 1. The van der Waals surface area contributed by atoms with E-state index in [9.17, 15) is 22.8 Å². The minimum atomic E-state index is -4.45. The van der Waals surface area contributed by atoms with Gasteiger partial charge in [0.1, 0.15) is 5.69 Å². The lowest BCUT2D eigenvalue weighted by molar-refractivity contribution is -0.137. The molecule has 5 nitrogen and oxygen atoms in total. The van der Waals surface area contributed by atoms with E-state index < -0.39 is 30.2 Å². The Morgan fingerprint density at radius 1 is 0.963 bits per heavy atom. The van der Waals surface area contributed by atoms with Gasteiger partial charge in [-0.3, -0.25) is 4.79 Å². The highest BCUT2D eigenvalue weighted by molar-refractivity contribution is 5.95. The van der Waals surface area contributed by atoms with Crippen molar-refractivity contribution in [1.82, 2.24) is 4.98 Å². The van der Waals surface area contributed by atoms with Gasteiger partial charge in [0.05, 0.1) is 11.1 Å². The summed E-state index contributed by atoms with van der Waals surface area (Å²) < 4.78 is 42.4. The Bertz CT molecular complexity index is 985. The van der Waals surface area contributed by atoms with Gasteiger partial charge < -0.3 is 10.1 Å². The fourth-order valence-electron chi connectivity index (χ4n) is 2.32. The van der Waals surface area contributed by atoms with E-state index in [0.717, 1.165) is 29.7 Å². The Morgan fingerprint density at radius 2 is 1.67 bits per heavy atom. The van der Waals surface area contributed by atoms with Crippen molar-refractivity contribution >= 4 is 28.5 Å². The number of hydrogen-bond acceptors (Lipinski definition) is 4. The first-order valence-corrected chi connectivity index (χ1v) is 7.83. The molecule has 0 aliphatic rings. The SMILES string of the molecule is O=C(COC(=O)c1ccc2ccccc2n1)Nc1ccc(C(F)(F)F)cc1.